The SMILES string of the molecule is COc1ccccc1[C@H]1c2sc(=O)[nH]c2S[C@H]2[C@@H]3C[C@@H]([C@@H]4C(=O)N([C@@H](C)C(=O)O)C(=O)[C@@H]34)[C@H]12. The first-order valence-electron chi connectivity index (χ1n) is 11.0. The molecule has 2 aromatic rings. The summed E-state index contributed by atoms with van der Waals surface area (Å²) < 4.78 is 5.66. The first kappa shape index (κ1) is 21.0. The highest BCUT2D eigenvalue weighted by Gasteiger charge is 2.70. The number of thiazole rings is 1. The van der Waals surface area contributed by atoms with Gasteiger partial charge in [-0.05, 0) is 37.2 Å². The zero-order chi connectivity index (χ0) is 23.2. The van der Waals surface area contributed by atoms with Crippen LogP contribution in [0.1, 0.15) is 29.7 Å². The average Bonchev–Trinajstić information content (AvgIpc) is 3.52. The Labute approximate surface area is 197 Å². The number of rotatable bonds is 4. The lowest BCUT2D eigenvalue weighted by molar-refractivity contribution is -0.154. The van der Waals surface area contributed by atoms with Gasteiger partial charge in [0.25, 0.3) is 0 Å². The molecule has 2 aliphatic carbocycles. The third-order valence-electron chi connectivity index (χ3n) is 7.98. The molecule has 0 unspecified atom stereocenters. The molecule has 4 aliphatic rings. The number of nitrogens with one attached hydrogen (secondary N) is 1. The number of methoxy groups -OCH3 is 1. The van der Waals surface area contributed by atoms with Gasteiger partial charge in [-0.2, -0.15) is 0 Å². The molecule has 1 aromatic carbocycles. The van der Waals surface area contributed by atoms with Gasteiger partial charge in [0.1, 0.15) is 11.8 Å². The number of thioether (sulfide) groups is 1. The van der Waals surface area contributed by atoms with E-state index in [2.05, 4.69) is 4.98 Å². The number of aromatic nitrogens is 1. The number of aromatic amines is 1. The Morgan fingerprint density at radius 3 is 2.58 bits per heavy atom. The molecule has 1 aromatic heterocycles. The van der Waals surface area contributed by atoms with Gasteiger partial charge in [-0.1, -0.05) is 29.5 Å². The zero-order valence-electron chi connectivity index (χ0n) is 17.9. The zero-order valence-corrected chi connectivity index (χ0v) is 19.5. The van der Waals surface area contributed by atoms with Crippen LogP contribution in [0, 0.1) is 29.6 Å². The van der Waals surface area contributed by atoms with E-state index in [0.717, 1.165) is 32.5 Å². The molecule has 0 spiro atoms. The van der Waals surface area contributed by atoms with E-state index >= 15 is 0 Å². The second-order valence-corrected chi connectivity index (χ2v) is 11.5. The summed E-state index contributed by atoms with van der Waals surface area (Å²) in [5, 5.41) is 10.4. The van der Waals surface area contributed by atoms with Crippen molar-refractivity contribution in [3.05, 3.63) is 44.4 Å². The maximum Gasteiger partial charge on any atom is 0.326 e. The van der Waals surface area contributed by atoms with E-state index in [0.29, 0.717) is 0 Å². The molecule has 33 heavy (non-hydrogen) atoms. The number of para-hydroxylation sites is 1. The van der Waals surface area contributed by atoms with Gasteiger partial charge in [-0.3, -0.25) is 19.3 Å². The number of ether oxygens (including phenoxy) is 1. The van der Waals surface area contributed by atoms with E-state index in [4.69, 9.17) is 4.74 Å². The molecule has 3 heterocycles. The minimum absolute atomic E-state index is 0.0359. The van der Waals surface area contributed by atoms with Crippen molar-refractivity contribution in [2.24, 2.45) is 29.6 Å². The highest BCUT2D eigenvalue weighted by Crippen LogP contribution is 2.69. The van der Waals surface area contributed by atoms with Crippen LogP contribution in [0.25, 0.3) is 0 Å². The van der Waals surface area contributed by atoms with Crippen LogP contribution in [0.15, 0.2) is 34.1 Å². The first-order chi connectivity index (χ1) is 15.8. The van der Waals surface area contributed by atoms with E-state index in [-0.39, 0.29) is 45.6 Å². The molecular formula is C23H22N2O6S2. The van der Waals surface area contributed by atoms with Gasteiger partial charge in [0, 0.05) is 21.6 Å². The number of benzene rings is 1. The minimum atomic E-state index is -1.18. The first-order valence-corrected chi connectivity index (χ1v) is 12.7. The van der Waals surface area contributed by atoms with Crippen molar-refractivity contribution >= 4 is 40.9 Å². The quantitative estimate of drug-likeness (QED) is 0.638. The van der Waals surface area contributed by atoms with Gasteiger partial charge in [0.05, 0.1) is 24.0 Å². The van der Waals surface area contributed by atoms with Crippen LogP contribution in [-0.4, -0.2) is 51.2 Å². The summed E-state index contributed by atoms with van der Waals surface area (Å²) in [7, 11) is 1.62. The molecule has 2 aliphatic heterocycles. The molecule has 2 N–H and O–H groups in total. The molecule has 8 nitrogen and oxygen atoms in total. The van der Waals surface area contributed by atoms with Crippen molar-refractivity contribution in [2.45, 2.75) is 35.6 Å². The highest BCUT2D eigenvalue weighted by atomic mass is 32.2. The van der Waals surface area contributed by atoms with Crippen LogP contribution in [0.2, 0.25) is 0 Å². The second-order valence-electron chi connectivity index (χ2n) is 9.26. The molecule has 3 fully saturated rings. The van der Waals surface area contributed by atoms with Gasteiger partial charge in [0.2, 0.25) is 11.8 Å². The standard InChI is InChI=1S/C23H22N2O6S2/c1-8(22(28)29)25-20(26)15-10-7-11(16(15)21(25)27)17-14(10)13(9-5-3-4-6-12(9)31-2)18-19(32-17)24-23(30)33-18/h3-6,8,10-11,13-17H,7H2,1-2H3,(H,24,30)(H,28,29)/t8-,10+,11+,13+,14+,15-,16-,17-/m0/s1. The van der Waals surface area contributed by atoms with Crippen molar-refractivity contribution in [1.29, 1.82) is 0 Å². The van der Waals surface area contributed by atoms with Gasteiger partial charge in [-0.25, -0.2) is 4.79 Å². The minimum Gasteiger partial charge on any atom is -0.496 e. The summed E-state index contributed by atoms with van der Waals surface area (Å²) in [6, 6.07) is 6.58. The van der Waals surface area contributed by atoms with Crippen LogP contribution < -0.4 is 9.61 Å². The van der Waals surface area contributed by atoms with E-state index in [1.165, 1.54) is 18.3 Å². The Hall–Kier alpha value is -2.59. The number of hydrogen-bond acceptors (Lipinski definition) is 7. The number of hydrogen-bond donors (Lipinski definition) is 2. The van der Waals surface area contributed by atoms with E-state index in [9.17, 15) is 24.3 Å². The molecule has 10 heteroatoms. The largest absolute Gasteiger partial charge is 0.496 e. The van der Waals surface area contributed by atoms with Crippen molar-refractivity contribution in [2.75, 3.05) is 7.11 Å². The Kier molecular flexibility index (Phi) is 4.58. The third kappa shape index (κ3) is 2.70. The van der Waals surface area contributed by atoms with Crippen LogP contribution in [0.4, 0.5) is 0 Å². The smallest absolute Gasteiger partial charge is 0.326 e. The molecule has 6 rings (SSSR count). The lowest BCUT2D eigenvalue weighted by Crippen LogP contribution is -2.44. The number of carboxylic acid groups (broad SMARTS) is 1. The summed E-state index contributed by atoms with van der Waals surface area (Å²) in [6.07, 6.45) is 0.759. The third-order valence-corrected chi connectivity index (χ3v) is 10.6. The molecule has 1 saturated heterocycles. The lowest BCUT2D eigenvalue weighted by Gasteiger charge is -2.43. The Morgan fingerprint density at radius 1 is 1.18 bits per heavy atom. The predicted molar refractivity (Wildman–Crippen MR) is 120 cm³/mol. The monoisotopic (exact) mass is 486 g/mol. The Bertz CT molecular complexity index is 1250. The van der Waals surface area contributed by atoms with Crippen molar-refractivity contribution in [3.63, 3.8) is 0 Å². The van der Waals surface area contributed by atoms with Gasteiger partial charge < -0.3 is 14.8 Å². The summed E-state index contributed by atoms with van der Waals surface area (Å²) in [4.78, 5) is 55.3. The fraction of sp³-hybridized carbons (Fsp3) is 0.478. The number of carbonyl (C=O) groups excluding carboxylic acids is 2. The summed E-state index contributed by atoms with van der Waals surface area (Å²) in [6.45, 7) is 1.39. The van der Waals surface area contributed by atoms with Crippen LogP contribution in [0.3, 0.4) is 0 Å². The number of nitrogens with zero attached hydrogens (tertiary/aromatic N) is 1. The van der Waals surface area contributed by atoms with Crippen molar-refractivity contribution in [3.8, 4) is 5.75 Å². The fourth-order valence-electron chi connectivity index (χ4n) is 6.80. The van der Waals surface area contributed by atoms with E-state index in [1.807, 2.05) is 24.3 Å². The second kappa shape index (κ2) is 7.20. The summed E-state index contributed by atoms with van der Waals surface area (Å²) >= 11 is 2.80. The number of amides is 2. The molecule has 2 saturated carbocycles. The maximum absolute atomic E-state index is 13.4. The maximum atomic E-state index is 13.4. The summed E-state index contributed by atoms with van der Waals surface area (Å²) in [5.41, 5.74) is 0.975. The van der Waals surface area contributed by atoms with Crippen LogP contribution in [0.5, 0.6) is 5.75 Å². The predicted octanol–water partition coefficient (Wildman–Crippen LogP) is 2.39. The number of imide groups is 1. The van der Waals surface area contributed by atoms with Gasteiger partial charge in [-0.15, -0.1) is 11.8 Å². The van der Waals surface area contributed by atoms with Crippen molar-refractivity contribution < 1.29 is 24.2 Å². The van der Waals surface area contributed by atoms with Crippen LogP contribution in [-0.2, 0) is 14.4 Å². The van der Waals surface area contributed by atoms with Crippen molar-refractivity contribution in [1.82, 2.24) is 9.88 Å². The van der Waals surface area contributed by atoms with Gasteiger partial charge >= 0.3 is 10.8 Å². The average molecular weight is 487 g/mol. The lowest BCUT2D eigenvalue weighted by atomic mass is 9.68. The number of aliphatic carboxylic acids is 1. The molecule has 2 amide bonds. The van der Waals surface area contributed by atoms with Gasteiger partial charge in [0.15, 0.2) is 0 Å². The molecule has 8 atom stereocenters. The number of carbonyl (C=O) groups is 3. The Balaban J connectivity index is 1.47. The number of carboxylic acids is 1. The van der Waals surface area contributed by atoms with E-state index in [1.54, 1.807) is 18.9 Å². The number of fused-ring (bicyclic) bond motifs is 9. The van der Waals surface area contributed by atoms with Crippen LogP contribution >= 0.6 is 23.1 Å². The molecule has 0 radical (unpaired) electrons. The molecule has 2 bridgehead atoms. The Morgan fingerprint density at radius 2 is 1.88 bits per heavy atom. The highest BCUT2D eigenvalue weighted by molar-refractivity contribution is 8.00. The summed E-state index contributed by atoms with van der Waals surface area (Å²) in [5.74, 6) is -2.32. The van der Waals surface area contributed by atoms with E-state index < -0.39 is 23.8 Å². The normalized spacial score (nSPS) is 34.7. The fourth-order valence-corrected chi connectivity index (χ4v) is 9.68. The molecular weight excluding hydrogens is 464 g/mol. The number of H-pyrrole nitrogens is 1. The number of likely N-dealkylation sites (tertiary alicyclic amines) is 1. The topological polar surface area (TPSA) is 117 Å². The molecule has 172 valence electrons.